The first-order valence-corrected chi connectivity index (χ1v) is 10.1. The molecule has 4 heteroatoms. The average molecular weight is 329 g/mol. The fraction of sp³-hybridized carbons (Fsp3) is 0.850. The largest absolute Gasteiger partial charge is 0.376 e. The zero-order chi connectivity index (χ0) is 16.1. The second-order valence-electron chi connectivity index (χ2n) is 8.91. The molecule has 0 bridgehead atoms. The normalized spacial score (nSPS) is 37.4. The number of aromatic nitrogens is 2. The molecular weight excluding hydrogens is 298 g/mol. The lowest BCUT2D eigenvalue weighted by atomic mass is 9.77. The van der Waals surface area contributed by atoms with E-state index in [1.807, 2.05) is 6.20 Å². The Morgan fingerprint density at radius 1 is 1.12 bits per heavy atom. The second-order valence-corrected chi connectivity index (χ2v) is 8.91. The summed E-state index contributed by atoms with van der Waals surface area (Å²) < 4.78 is 8.67. The van der Waals surface area contributed by atoms with E-state index in [0.29, 0.717) is 12.1 Å². The number of fused-ring (bicyclic) bond motifs is 1. The van der Waals surface area contributed by atoms with Crippen molar-refractivity contribution in [3.8, 4) is 0 Å². The third-order valence-electron chi connectivity index (χ3n) is 7.02. The maximum atomic E-state index is 6.45. The molecule has 0 radical (unpaired) electrons. The van der Waals surface area contributed by atoms with Crippen LogP contribution in [0.5, 0.6) is 0 Å². The number of hydrogen-bond donors (Lipinski definition) is 0. The van der Waals surface area contributed by atoms with Crippen LogP contribution in [0.2, 0.25) is 0 Å². The first kappa shape index (κ1) is 15.4. The van der Waals surface area contributed by atoms with Crippen molar-refractivity contribution < 1.29 is 4.74 Å². The van der Waals surface area contributed by atoms with Crippen LogP contribution in [0, 0.1) is 24.7 Å². The molecule has 1 saturated heterocycles. The third kappa shape index (κ3) is 2.92. The summed E-state index contributed by atoms with van der Waals surface area (Å²) in [5, 5.41) is 4.65. The molecule has 4 aliphatic rings. The van der Waals surface area contributed by atoms with Gasteiger partial charge in [-0.2, -0.15) is 5.10 Å². The van der Waals surface area contributed by atoms with E-state index in [1.165, 1.54) is 63.6 Å². The molecule has 0 spiro atoms. The smallest absolute Gasteiger partial charge is 0.0802 e. The van der Waals surface area contributed by atoms with Gasteiger partial charge >= 0.3 is 0 Å². The molecule has 24 heavy (non-hydrogen) atoms. The molecule has 4 fully saturated rings. The fourth-order valence-electron chi connectivity index (χ4n) is 5.09. The van der Waals surface area contributed by atoms with Gasteiger partial charge in [-0.05, 0) is 68.8 Å². The number of likely N-dealkylation sites (tertiary alicyclic amines) is 1. The zero-order valence-corrected chi connectivity index (χ0v) is 14.9. The minimum Gasteiger partial charge on any atom is -0.376 e. The Labute approximate surface area is 145 Å². The zero-order valence-electron chi connectivity index (χ0n) is 14.9. The van der Waals surface area contributed by atoms with Crippen molar-refractivity contribution in [2.45, 2.75) is 70.1 Å². The van der Waals surface area contributed by atoms with Gasteiger partial charge in [-0.3, -0.25) is 9.58 Å². The van der Waals surface area contributed by atoms with Crippen LogP contribution in [0.3, 0.4) is 0 Å². The van der Waals surface area contributed by atoms with E-state index in [4.69, 9.17) is 4.74 Å². The molecule has 1 aromatic heterocycles. The van der Waals surface area contributed by atoms with Crippen molar-refractivity contribution in [3.05, 3.63) is 18.0 Å². The van der Waals surface area contributed by atoms with Crippen LogP contribution in [-0.4, -0.2) is 46.5 Å². The van der Waals surface area contributed by atoms with Crippen LogP contribution >= 0.6 is 0 Å². The van der Waals surface area contributed by atoms with Crippen molar-refractivity contribution in [2.24, 2.45) is 17.8 Å². The number of aryl methyl sites for hydroxylation is 1. The topological polar surface area (TPSA) is 30.3 Å². The summed E-state index contributed by atoms with van der Waals surface area (Å²) in [7, 11) is 0. The number of rotatable bonds is 5. The van der Waals surface area contributed by atoms with Crippen LogP contribution in [0.1, 0.15) is 56.6 Å². The van der Waals surface area contributed by atoms with Crippen LogP contribution in [-0.2, 0) is 4.74 Å². The van der Waals surface area contributed by atoms with Crippen LogP contribution in [0.25, 0.3) is 0 Å². The maximum absolute atomic E-state index is 6.45. The summed E-state index contributed by atoms with van der Waals surface area (Å²) in [6.07, 6.45) is 14.1. The molecule has 0 amide bonds. The second kappa shape index (κ2) is 6.14. The Bertz CT molecular complexity index is 577. The summed E-state index contributed by atoms with van der Waals surface area (Å²) >= 11 is 0. The van der Waals surface area contributed by atoms with Gasteiger partial charge in [0.05, 0.1) is 18.3 Å². The predicted octanol–water partition coefficient (Wildman–Crippen LogP) is 3.42. The third-order valence-corrected chi connectivity index (χ3v) is 7.02. The molecular formula is C20H31N3O. The van der Waals surface area contributed by atoms with Gasteiger partial charge in [-0.15, -0.1) is 0 Å². The molecule has 0 unspecified atom stereocenters. The van der Waals surface area contributed by atoms with E-state index in [-0.39, 0.29) is 0 Å². The van der Waals surface area contributed by atoms with Crippen molar-refractivity contribution in [3.63, 3.8) is 0 Å². The first-order chi connectivity index (χ1) is 11.8. The lowest BCUT2D eigenvalue weighted by molar-refractivity contribution is -0.0371. The highest BCUT2D eigenvalue weighted by atomic mass is 16.5. The monoisotopic (exact) mass is 329 g/mol. The lowest BCUT2D eigenvalue weighted by Gasteiger charge is -2.38. The van der Waals surface area contributed by atoms with E-state index in [2.05, 4.69) is 27.8 Å². The molecule has 1 aromatic rings. The molecule has 4 atom stereocenters. The van der Waals surface area contributed by atoms with Gasteiger partial charge in [-0.25, -0.2) is 0 Å². The van der Waals surface area contributed by atoms with Crippen molar-refractivity contribution in [1.82, 2.24) is 14.7 Å². The van der Waals surface area contributed by atoms with E-state index in [9.17, 15) is 0 Å². The summed E-state index contributed by atoms with van der Waals surface area (Å²) in [6.45, 7) is 5.76. The standard InChI is InChI=1S/C20H31N3O/c1-14-9-21-23(10-14)19-7-16-11-22(18-3-2-4-18)12-17(16)8-20(19)24-13-15-5-6-15/h9-10,15-20H,2-8,11-13H2,1H3/t16-,17+,19-,20-/m0/s1. The van der Waals surface area contributed by atoms with Crippen molar-refractivity contribution >= 4 is 0 Å². The molecule has 2 heterocycles. The molecule has 0 aromatic carbocycles. The summed E-state index contributed by atoms with van der Waals surface area (Å²) in [6, 6.07) is 1.34. The number of hydrogen-bond acceptors (Lipinski definition) is 3. The predicted molar refractivity (Wildman–Crippen MR) is 93.9 cm³/mol. The maximum Gasteiger partial charge on any atom is 0.0802 e. The molecule has 1 aliphatic heterocycles. The quantitative estimate of drug-likeness (QED) is 0.829. The summed E-state index contributed by atoms with van der Waals surface area (Å²) in [5.41, 5.74) is 1.26. The van der Waals surface area contributed by atoms with Gasteiger partial charge in [0.15, 0.2) is 0 Å². The van der Waals surface area contributed by atoms with Gasteiger partial charge in [0.2, 0.25) is 0 Å². The Kier molecular flexibility index (Phi) is 3.93. The SMILES string of the molecule is Cc1cnn([C@H]2C[C@H]3CN(C4CCC4)C[C@H]3C[C@@H]2OCC2CC2)c1. The number of ether oxygens (including phenoxy) is 1. The highest BCUT2D eigenvalue weighted by molar-refractivity contribution is 5.04. The highest BCUT2D eigenvalue weighted by Gasteiger charge is 2.45. The van der Waals surface area contributed by atoms with E-state index in [1.54, 1.807) is 0 Å². The molecule has 3 saturated carbocycles. The average Bonchev–Trinajstić information content (AvgIpc) is 3.11. The number of nitrogens with zero attached hydrogens (tertiary/aromatic N) is 3. The van der Waals surface area contributed by atoms with Crippen molar-refractivity contribution in [1.29, 1.82) is 0 Å². The van der Waals surface area contributed by atoms with Crippen LogP contribution in [0.15, 0.2) is 12.4 Å². The van der Waals surface area contributed by atoms with Crippen molar-refractivity contribution in [2.75, 3.05) is 19.7 Å². The van der Waals surface area contributed by atoms with Gasteiger partial charge < -0.3 is 4.74 Å². The minimum absolute atomic E-state index is 0.368. The highest BCUT2D eigenvalue weighted by Crippen LogP contribution is 2.45. The summed E-state index contributed by atoms with van der Waals surface area (Å²) in [4.78, 5) is 2.80. The van der Waals surface area contributed by atoms with Crippen LogP contribution in [0.4, 0.5) is 0 Å². The molecule has 4 nitrogen and oxygen atoms in total. The lowest BCUT2D eigenvalue weighted by Crippen LogP contribution is -2.38. The Morgan fingerprint density at radius 3 is 2.54 bits per heavy atom. The van der Waals surface area contributed by atoms with Gasteiger partial charge in [0.25, 0.3) is 0 Å². The van der Waals surface area contributed by atoms with Gasteiger partial charge in [-0.1, -0.05) is 6.42 Å². The fourth-order valence-corrected chi connectivity index (χ4v) is 5.09. The first-order valence-electron chi connectivity index (χ1n) is 10.1. The minimum atomic E-state index is 0.368. The van der Waals surface area contributed by atoms with E-state index < -0.39 is 0 Å². The van der Waals surface area contributed by atoms with E-state index in [0.717, 1.165) is 30.4 Å². The molecule has 5 rings (SSSR count). The van der Waals surface area contributed by atoms with Gasteiger partial charge in [0, 0.05) is 31.9 Å². The molecule has 132 valence electrons. The Morgan fingerprint density at radius 2 is 1.92 bits per heavy atom. The summed E-state index contributed by atoms with van der Waals surface area (Å²) in [5.74, 6) is 2.54. The molecule has 3 aliphatic carbocycles. The Hall–Kier alpha value is -0.870. The van der Waals surface area contributed by atoms with Gasteiger partial charge in [0.1, 0.15) is 0 Å². The van der Waals surface area contributed by atoms with Crippen LogP contribution < -0.4 is 0 Å². The Balaban J connectivity index is 1.31. The van der Waals surface area contributed by atoms with E-state index >= 15 is 0 Å². The molecule has 0 N–H and O–H groups in total.